The van der Waals surface area contributed by atoms with Crippen molar-refractivity contribution in [2.45, 2.75) is 62.7 Å². The number of aliphatic hydroxyl groups is 1. The van der Waals surface area contributed by atoms with E-state index in [0.717, 1.165) is 36.0 Å². The van der Waals surface area contributed by atoms with Crippen molar-refractivity contribution in [1.29, 1.82) is 0 Å². The molecule has 2 fully saturated rings. The summed E-state index contributed by atoms with van der Waals surface area (Å²) in [4.78, 5) is 0. The Bertz CT molecular complexity index is 971. The van der Waals surface area contributed by atoms with Gasteiger partial charge in [0.2, 0.25) is 10.0 Å². The van der Waals surface area contributed by atoms with Crippen LogP contribution >= 0.6 is 0 Å². The van der Waals surface area contributed by atoms with Crippen molar-refractivity contribution in [2.75, 3.05) is 13.2 Å². The van der Waals surface area contributed by atoms with Crippen molar-refractivity contribution in [1.82, 2.24) is 9.29 Å². The highest BCUT2D eigenvalue weighted by Gasteiger charge is 2.42. The van der Waals surface area contributed by atoms with Crippen LogP contribution in [0.5, 0.6) is 0 Å². The first-order chi connectivity index (χ1) is 13.6. The summed E-state index contributed by atoms with van der Waals surface area (Å²) in [5.41, 5.74) is 2.88. The highest BCUT2D eigenvalue weighted by atomic mass is 32.2. The van der Waals surface area contributed by atoms with Crippen LogP contribution in [0.1, 0.15) is 62.1 Å². The summed E-state index contributed by atoms with van der Waals surface area (Å²) in [5.74, 6) is 0.880. The fourth-order valence-corrected chi connectivity index (χ4v) is 7.59. The molecular formula is C22H30N2O3S. The third-order valence-electron chi connectivity index (χ3n) is 7.18. The lowest BCUT2D eigenvalue weighted by Crippen LogP contribution is -2.38. The molecule has 0 bridgehead atoms. The van der Waals surface area contributed by atoms with E-state index >= 15 is 0 Å². The molecule has 6 heteroatoms. The molecule has 2 unspecified atom stereocenters. The number of aliphatic hydroxyl groups excluding tert-OH is 1. The van der Waals surface area contributed by atoms with E-state index in [0.29, 0.717) is 12.5 Å². The molecule has 3 aliphatic rings. The van der Waals surface area contributed by atoms with Crippen LogP contribution in [0.2, 0.25) is 0 Å². The fourth-order valence-electron chi connectivity index (χ4n) is 5.66. The summed E-state index contributed by atoms with van der Waals surface area (Å²) >= 11 is 0. The first-order valence-corrected chi connectivity index (χ1v) is 12.3. The van der Waals surface area contributed by atoms with E-state index < -0.39 is 10.0 Å². The Hall–Kier alpha value is -1.37. The highest BCUT2D eigenvalue weighted by molar-refractivity contribution is 7.91. The fraction of sp³-hybridized carbons (Fsp3) is 0.636. The second kappa shape index (κ2) is 7.15. The number of nitrogens with zero attached hydrogens (tertiary/aromatic N) is 1. The molecule has 28 heavy (non-hydrogen) atoms. The predicted molar refractivity (Wildman–Crippen MR) is 111 cm³/mol. The van der Waals surface area contributed by atoms with E-state index in [4.69, 9.17) is 0 Å². The quantitative estimate of drug-likeness (QED) is 0.805. The zero-order valence-electron chi connectivity index (χ0n) is 16.3. The number of hydrogen-bond acceptors (Lipinski definition) is 4. The van der Waals surface area contributed by atoms with Crippen molar-refractivity contribution in [3.05, 3.63) is 35.5 Å². The van der Waals surface area contributed by atoms with Gasteiger partial charge < -0.3 is 10.4 Å². The van der Waals surface area contributed by atoms with Crippen molar-refractivity contribution in [3.63, 3.8) is 0 Å². The monoisotopic (exact) mass is 402 g/mol. The van der Waals surface area contributed by atoms with Crippen LogP contribution in [0.15, 0.2) is 24.3 Å². The van der Waals surface area contributed by atoms with Gasteiger partial charge in [-0.25, -0.2) is 12.4 Å². The SMILES string of the molecule is O=S(=O)(C1CC1)n1c2c(c3ccccc31)C(C(CO)C1CCCCC1)CNC2. The maximum atomic E-state index is 13.3. The average molecular weight is 403 g/mol. The maximum Gasteiger partial charge on any atom is 0.242 e. The topological polar surface area (TPSA) is 71.3 Å². The first-order valence-electron chi connectivity index (χ1n) is 10.8. The third kappa shape index (κ3) is 2.92. The Kier molecular flexibility index (Phi) is 4.76. The molecule has 2 aliphatic carbocycles. The molecule has 0 radical (unpaired) electrons. The summed E-state index contributed by atoms with van der Waals surface area (Å²) in [6.45, 7) is 1.56. The molecular weight excluding hydrogens is 372 g/mol. The number of hydrogen-bond donors (Lipinski definition) is 2. The van der Waals surface area contributed by atoms with E-state index in [2.05, 4.69) is 11.4 Å². The Morgan fingerprint density at radius 1 is 1.11 bits per heavy atom. The molecule has 5 nitrogen and oxygen atoms in total. The van der Waals surface area contributed by atoms with Crippen LogP contribution in [0, 0.1) is 11.8 Å². The summed E-state index contributed by atoms with van der Waals surface area (Å²) < 4.78 is 28.2. The number of nitrogens with one attached hydrogen (secondary N) is 1. The Labute approximate surface area is 167 Å². The molecule has 2 N–H and O–H groups in total. The van der Waals surface area contributed by atoms with Gasteiger partial charge in [-0.05, 0) is 36.3 Å². The minimum Gasteiger partial charge on any atom is -0.396 e. The number of rotatable bonds is 5. The minimum atomic E-state index is -3.36. The molecule has 0 amide bonds. The number of fused-ring (bicyclic) bond motifs is 3. The molecule has 1 aromatic carbocycles. The summed E-state index contributed by atoms with van der Waals surface area (Å²) in [7, 11) is -3.36. The maximum absolute atomic E-state index is 13.3. The zero-order valence-corrected chi connectivity index (χ0v) is 17.1. The van der Waals surface area contributed by atoms with Gasteiger partial charge in [-0.2, -0.15) is 0 Å². The highest BCUT2D eigenvalue weighted by Crippen LogP contribution is 2.45. The lowest BCUT2D eigenvalue weighted by atomic mass is 9.71. The van der Waals surface area contributed by atoms with Crippen LogP contribution in [0.4, 0.5) is 0 Å². The number of para-hydroxylation sites is 1. The number of aromatic nitrogens is 1. The zero-order chi connectivity index (χ0) is 19.3. The van der Waals surface area contributed by atoms with Gasteiger partial charge in [0.25, 0.3) is 0 Å². The van der Waals surface area contributed by atoms with Gasteiger partial charge in [0, 0.05) is 31.0 Å². The van der Waals surface area contributed by atoms with Gasteiger partial charge in [0.1, 0.15) is 0 Å². The molecule has 1 aromatic heterocycles. The predicted octanol–water partition coefficient (Wildman–Crippen LogP) is 3.36. The molecule has 2 saturated carbocycles. The van der Waals surface area contributed by atoms with E-state index in [9.17, 15) is 13.5 Å². The van der Waals surface area contributed by atoms with Crippen molar-refractivity contribution < 1.29 is 13.5 Å². The smallest absolute Gasteiger partial charge is 0.242 e. The van der Waals surface area contributed by atoms with Gasteiger partial charge in [-0.3, -0.25) is 0 Å². The molecule has 1 aliphatic heterocycles. The van der Waals surface area contributed by atoms with Crippen LogP contribution in [-0.2, 0) is 16.6 Å². The lowest BCUT2D eigenvalue weighted by Gasteiger charge is -2.37. The van der Waals surface area contributed by atoms with Crippen molar-refractivity contribution in [2.24, 2.45) is 11.8 Å². The largest absolute Gasteiger partial charge is 0.396 e. The molecule has 5 rings (SSSR count). The van der Waals surface area contributed by atoms with E-state index in [1.165, 1.54) is 37.7 Å². The van der Waals surface area contributed by atoms with Gasteiger partial charge in [0.15, 0.2) is 0 Å². The number of benzene rings is 1. The standard InChI is InChI=1S/C22H30N2O3S/c25-14-19(15-6-2-1-3-7-15)18-12-23-13-21-22(18)17-8-4-5-9-20(17)24(21)28(26,27)16-10-11-16/h4-5,8-9,15-16,18-19,23,25H,1-3,6-7,10-14H2. The summed E-state index contributed by atoms with van der Waals surface area (Å²) in [6.07, 6.45) is 7.66. The minimum absolute atomic E-state index is 0.164. The van der Waals surface area contributed by atoms with Gasteiger partial charge >= 0.3 is 0 Å². The molecule has 152 valence electrons. The molecule has 2 atom stereocenters. The third-order valence-corrected chi connectivity index (χ3v) is 9.42. The van der Waals surface area contributed by atoms with Crippen LogP contribution in [0.25, 0.3) is 10.9 Å². The lowest BCUT2D eigenvalue weighted by molar-refractivity contribution is 0.121. The van der Waals surface area contributed by atoms with Crippen LogP contribution in [-0.4, -0.2) is 35.9 Å². The van der Waals surface area contributed by atoms with E-state index in [1.54, 1.807) is 3.97 Å². The van der Waals surface area contributed by atoms with E-state index in [-0.39, 0.29) is 23.7 Å². The normalized spacial score (nSPS) is 25.0. The van der Waals surface area contributed by atoms with Gasteiger partial charge in [0.05, 0.1) is 16.5 Å². The average Bonchev–Trinajstić information content (AvgIpc) is 3.52. The van der Waals surface area contributed by atoms with E-state index in [1.807, 2.05) is 18.2 Å². The summed E-state index contributed by atoms with van der Waals surface area (Å²) in [5, 5.41) is 14.6. The Balaban J connectivity index is 1.67. The Morgan fingerprint density at radius 3 is 2.57 bits per heavy atom. The molecule has 0 saturated heterocycles. The molecule has 2 aromatic rings. The first kappa shape index (κ1) is 18.6. The van der Waals surface area contributed by atoms with Gasteiger partial charge in [-0.15, -0.1) is 0 Å². The van der Waals surface area contributed by atoms with Gasteiger partial charge in [-0.1, -0.05) is 50.3 Å². The second-order valence-corrected chi connectivity index (χ2v) is 10.9. The van der Waals surface area contributed by atoms with Crippen molar-refractivity contribution >= 4 is 20.9 Å². The van der Waals surface area contributed by atoms with Crippen molar-refractivity contribution in [3.8, 4) is 0 Å². The second-order valence-electron chi connectivity index (χ2n) is 8.87. The van der Waals surface area contributed by atoms with Crippen LogP contribution in [0.3, 0.4) is 0 Å². The Morgan fingerprint density at radius 2 is 1.86 bits per heavy atom. The summed E-state index contributed by atoms with van der Waals surface area (Å²) in [6, 6.07) is 7.95. The van der Waals surface area contributed by atoms with Crippen LogP contribution < -0.4 is 5.32 Å². The molecule has 0 spiro atoms. The molecule has 2 heterocycles.